The minimum atomic E-state index is -1.21. The summed E-state index contributed by atoms with van der Waals surface area (Å²) in [6, 6.07) is -0.424. The Labute approximate surface area is 124 Å². The average molecular weight is 300 g/mol. The molecule has 0 aliphatic carbocycles. The largest absolute Gasteiger partial charge is 0.480 e. The second-order valence-corrected chi connectivity index (χ2v) is 6.23. The SMILES string of the molecule is CC1(CNC(=O)NC2(C(=O)O)CCOCC2)CCOCC1. The number of carbonyl (C=O) groups is 2. The Bertz CT molecular complexity index is 387. The van der Waals surface area contributed by atoms with E-state index in [9.17, 15) is 14.7 Å². The van der Waals surface area contributed by atoms with E-state index in [-0.39, 0.29) is 5.41 Å². The second-order valence-electron chi connectivity index (χ2n) is 6.23. The Morgan fingerprint density at radius 2 is 1.57 bits per heavy atom. The number of rotatable bonds is 4. The highest BCUT2D eigenvalue weighted by atomic mass is 16.5. The molecule has 0 bridgehead atoms. The molecule has 0 spiro atoms. The van der Waals surface area contributed by atoms with E-state index >= 15 is 0 Å². The molecule has 2 saturated heterocycles. The molecule has 0 aromatic rings. The van der Waals surface area contributed by atoms with Crippen LogP contribution in [0.4, 0.5) is 4.79 Å². The average Bonchev–Trinajstić information content (AvgIpc) is 2.47. The van der Waals surface area contributed by atoms with Crippen LogP contribution in [-0.4, -0.2) is 55.6 Å². The van der Waals surface area contributed by atoms with Gasteiger partial charge in [-0.3, -0.25) is 0 Å². The minimum absolute atomic E-state index is 0.0155. The van der Waals surface area contributed by atoms with E-state index in [0.717, 1.165) is 12.8 Å². The molecule has 2 amide bonds. The first-order valence-electron chi connectivity index (χ1n) is 7.41. The zero-order chi connectivity index (χ0) is 15.3. The maximum absolute atomic E-state index is 12.0. The number of amides is 2. The molecule has 0 unspecified atom stereocenters. The van der Waals surface area contributed by atoms with Crippen LogP contribution in [0.5, 0.6) is 0 Å². The third-order valence-corrected chi connectivity index (χ3v) is 4.48. The van der Waals surface area contributed by atoms with Crippen molar-refractivity contribution in [1.29, 1.82) is 0 Å². The second kappa shape index (κ2) is 6.62. The molecule has 7 nitrogen and oxygen atoms in total. The zero-order valence-electron chi connectivity index (χ0n) is 12.4. The van der Waals surface area contributed by atoms with Gasteiger partial charge in [0, 0.05) is 45.8 Å². The van der Waals surface area contributed by atoms with E-state index in [0.29, 0.717) is 45.8 Å². The molecule has 2 rings (SSSR count). The molecule has 0 radical (unpaired) electrons. The molecule has 2 aliphatic rings. The molecule has 2 aliphatic heterocycles. The highest BCUT2D eigenvalue weighted by Gasteiger charge is 2.41. The lowest BCUT2D eigenvalue weighted by Crippen LogP contribution is -2.60. The van der Waals surface area contributed by atoms with Crippen LogP contribution in [0.25, 0.3) is 0 Å². The summed E-state index contributed by atoms with van der Waals surface area (Å²) in [5.74, 6) is -1.00. The van der Waals surface area contributed by atoms with Crippen molar-refractivity contribution in [3.8, 4) is 0 Å². The van der Waals surface area contributed by atoms with Gasteiger partial charge in [-0.1, -0.05) is 6.92 Å². The maximum Gasteiger partial charge on any atom is 0.329 e. The van der Waals surface area contributed by atoms with Crippen LogP contribution in [0.2, 0.25) is 0 Å². The van der Waals surface area contributed by atoms with E-state index in [4.69, 9.17) is 9.47 Å². The van der Waals surface area contributed by atoms with Crippen LogP contribution in [-0.2, 0) is 14.3 Å². The van der Waals surface area contributed by atoms with Gasteiger partial charge in [0.2, 0.25) is 0 Å². The molecule has 2 fully saturated rings. The van der Waals surface area contributed by atoms with Crippen molar-refractivity contribution in [2.45, 2.75) is 38.1 Å². The van der Waals surface area contributed by atoms with Crippen molar-refractivity contribution in [2.24, 2.45) is 5.41 Å². The molecule has 2 heterocycles. The van der Waals surface area contributed by atoms with E-state index in [1.54, 1.807) is 0 Å². The summed E-state index contributed by atoms with van der Waals surface area (Å²) in [5.41, 5.74) is -1.19. The number of carbonyl (C=O) groups excluding carboxylic acids is 1. The first-order valence-corrected chi connectivity index (χ1v) is 7.41. The number of hydrogen-bond donors (Lipinski definition) is 3. The Morgan fingerprint density at radius 1 is 1.05 bits per heavy atom. The van der Waals surface area contributed by atoms with Gasteiger partial charge in [-0.25, -0.2) is 9.59 Å². The molecule has 0 atom stereocenters. The van der Waals surface area contributed by atoms with Gasteiger partial charge in [0.1, 0.15) is 5.54 Å². The zero-order valence-corrected chi connectivity index (χ0v) is 12.4. The van der Waals surface area contributed by atoms with Crippen molar-refractivity contribution in [2.75, 3.05) is 33.0 Å². The summed E-state index contributed by atoms with van der Waals surface area (Å²) in [5, 5.41) is 14.8. The molecular formula is C14H24N2O5. The number of nitrogens with one attached hydrogen (secondary N) is 2. The molecular weight excluding hydrogens is 276 g/mol. The van der Waals surface area contributed by atoms with Crippen LogP contribution < -0.4 is 10.6 Å². The lowest BCUT2D eigenvalue weighted by molar-refractivity contribution is -0.148. The van der Waals surface area contributed by atoms with Crippen molar-refractivity contribution in [1.82, 2.24) is 10.6 Å². The molecule has 0 aromatic heterocycles. The van der Waals surface area contributed by atoms with Crippen molar-refractivity contribution >= 4 is 12.0 Å². The lowest BCUT2D eigenvalue weighted by Gasteiger charge is -2.36. The van der Waals surface area contributed by atoms with E-state index in [1.807, 2.05) is 0 Å². The smallest absolute Gasteiger partial charge is 0.329 e. The highest BCUT2D eigenvalue weighted by molar-refractivity contribution is 5.86. The van der Waals surface area contributed by atoms with Gasteiger partial charge in [-0.05, 0) is 18.3 Å². The number of aliphatic carboxylic acids is 1. The van der Waals surface area contributed by atoms with Gasteiger partial charge in [-0.2, -0.15) is 0 Å². The fourth-order valence-corrected chi connectivity index (χ4v) is 2.71. The third kappa shape index (κ3) is 4.07. The molecule has 0 aromatic carbocycles. The summed E-state index contributed by atoms with van der Waals surface area (Å²) in [6.07, 6.45) is 2.37. The summed E-state index contributed by atoms with van der Waals surface area (Å²) < 4.78 is 10.5. The fourth-order valence-electron chi connectivity index (χ4n) is 2.71. The van der Waals surface area contributed by atoms with E-state index in [1.165, 1.54) is 0 Å². The molecule has 7 heteroatoms. The number of carboxylic acids is 1. The third-order valence-electron chi connectivity index (χ3n) is 4.48. The first-order chi connectivity index (χ1) is 9.96. The van der Waals surface area contributed by atoms with Gasteiger partial charge in [-0.15, -0.1) is 0 Å². The van der Waals surface area contributed by atoms with Gasteiger partial charge < -0.3 is 25.2 Å². The van der Waals surface area contributed by atoms with Gasteiger partial charge in [0.25, 0.3) is 0 Å². The van der Waals surface area contributed by atoms with E-state index in [2.05, 4.69) is 17.6 Å². The number of carboxylic acid groups (broad SMARTS) is 1. The van der Waals surface area contributed by atoms with Crippen LogP contribution in [0, 0.1) is 5.41 Å². The molecule has 21 heavy (non-hydrogen) atoms. The first kappa shape index (κ1) is 16.0. The molecule has 120 valence electrons. The van der Waals surface area contributed by atoms with Crippen molar-refractivity contribution in [3.63, 3.8) is 0 Å². The predicted octanol–water partition coefficient (Wildman–Crippen LogP) is 0.736. The van der Waals surface area contributed by atoms with Crippen molar-refractivity contribution in [3.05, 3.63) is 0 Å². The Morgan fingerprint density at radius 3 is 2.10 bits per heavy atom. The number of ether oxygens (including phenoxy) is 2. The van der Waals surface area contributed by atoms with Crippen LogP contribution >= 0.6 is 0 Å². The summed E-state index contributed by atoms with van der Waals surface area (Å²) in [4.78, 5) is 23.5. The standard InChI is InChI=1S/C14H24N2O5/c1-13(2-6-20-7-3-13)10-15-12(19)16-14(11(17)18)4-8-21-9-5-14/h2-10H2,1H3,(H,17,18)(H2,15,16,19). The normalized spacial score (nSPS) is 24.0. The molecule has 3 N–H and O–H groups in total. The molecule has 0 saturated carbocycles. The van der Waals surface area contributed by atoms with Crippen LogP contribution in [0.1, 0.15) is 32.6 Å². The van der Waals surface area contributed by atoms with Crippen molar-refractivity contribution < 1.29 is 24.2 Å². The Kier molecular flexibility index (Phi) is 5.05. The topological polar surface area (TPSA) is 96.9 Å². The Balaban J connectivity index is 1.86. The lowest BCUT2D eigenvalue weighted by atomic mass is 9.82. The summed E-state index contributed by atoms with van der Waals surface area (Å²) in [7, 11) is 0. The summed E-state index contributed by atoms with van der Waals surface area (Å²) >= 11 is 0. The van der Waals surface area contributed by atoms with E-state index < -0.39 is 17.5 Å². The number of urea groups is 1. The predicted molar refractivity (Wildman–Crippen MR) is 75.1 cm³/mol. The fraction of sp³-hybridized carbons (Fsp3) is 0.857. The quantitative estimate of drug-likeness (QED) is 0.711. The van der Waals surface area contributed by atoms with Gasteiger partial charge in [0.05, 0.1) is 0 Å². The maximum atomic E-state index is 12.0. The van der Waals surface area contributed by atoms with Gasteiger partial charge >= 0.3 is 12.0 Å². The van der Waals surface area contributed by atoms with Crippen LogP contribution in [0.3, 0.4) is 0 Å². The minimum Gasteiger partial charge on any atom is -0.480 e. The number of hydrogen-bond acceptors (Lipinski definition) is 4. The monoisotopic (exact) mass is 300 g/mol. The van der Waals surface area contributed by atoms with Gasteiger partial charge in [0.15, 0.2) is 0 Å². The Hall–Kier alpha value is -1.34. The summed E-state index contributed by atoms with van der Waals surface area (Å²) in [6.45, 7) is 4.74. The van der Waals surface area contributed by atoms with Crippen LogP contribution in [0.15, 0.2) is 0 Å². The highest BCUT2D eigenvalue weighted by Crippen LogP contribution is 2.28.